The third kappa shape index (κ3) is 3.26. The van der Waals surface area contributed by atoms with Gasteiger partial charge in [0.25, 0.3) is 0 Å². The predicted octanol–water partition coefficient (Wildman–Crippen LogP) is 0.744. The van der Waals surface area contributed by atoms with Gasteiger partial charge in [0, 0.05) is 45.1 Å². The summed E-state index contributed by atoms with van der Waals surface area (Å²) in [7, 11) is 3.60. The van der Waals surface area contributed by atoms with E-state index in [9.17, 15) is 4.79 Å². The van der Waals surface area contributed by atoms with E-state index >= 15 is 0 Å². The van der Waals surface area contributed by atoms with Crippen LogP contribution in [0.3, 0.4) is 0 Å². The number of carbonyl (C=O) groups is 1. The maximum atomic E-state index is 11.7. The summed E-state index contributed by atoms with van der Waals surface area (Å²) in [6.07, 6.45) is 7.51. The van der Waals surface area contributed by atoms with E-state index in [4.69, 9.17) is 0 Å². The first-order valence-corrected chi connectivity index (χ1v) is 6.35. The molecule has 1 saturated heterocycles. The fourth-order valence-electron chi connectivity index (χ4n) is 2.29. The Hall–Kier alpha value is -1.49. The van der Waals surface area contributed by atoms with Crippen molar-refractivity contribution in [3.05, 3.63) is 24.3 Å². The van der Waals surface area contributed by atoms with Crippen LogP contribution in [-0.2, 0) is 4.79 Å². The number of amides is 1. The van der Waals surface area contributed by atoms with Crippen molar-refractivity contribution in [2.24, 2.45) is 0 Å². The fourth-order valence-corrected chi connectivity index (χ4v) is 2.29. The van der Waals surface area contributed by atoms with E-state index in [2.05, 4.69) is 14.9 Å². The van der Waals surface area contributed by atoms with E-state index < -0.39 is 0 Å². The van der Waals surface area contributed by atoms with E-state index in [0.29, 0.717) is 12.5 Å². The molecule has 1 aromatic heterocycles. The Morgan fingerprint density at radius 2 is 2.33 bits per heavy atom. The Bertz CT molecular complexity index is 393. The molecule has 1 atom stereocenters. The second-order valence-corrected chi connectivity index (χ2v) is 4.99. The topological polar surface area (TPSA) is 49.3 Å². The highest BCUT2D eigenvalue weighted by Crippen LogP contribution is 2.24. The van der Waals surface area contributed by atoms with E-state index in [1.807, 2.05) is 6.20 Å². The van der Waals surface area contributed by atoms with Gasteiger partial charge in [0.2, 0.25) is 5.91 Å². The molecule has 0 spiro atoms. The maximum absolute atomic E-state index is 11.7. The first-order valence-electron chi connectivity index (χ1n) is 6.35. The molecule has 0 aliphatic carbocycles. The molecule has 0 bridgehead atoms. The molecule has 18 heavy (non-hydrogen) atoms. The molecule has 1 unspecified atom stereocenters. The van der Waals surface area contributed by atoms with E-state index in [-0.39, 0.29) is 5.91 Å². The highest BCUT2D eigenvalue weighted by molar-refractivity contribution is 5.77. The van der Waals surface area contributed by atoms with Crippen molar-refractivity contribution >= 4 is 5.91 Å². The summed E-state index contributed by atoms with van der Waals surface area (Å²) >= 11 is 0. The number of likely N-dealkylation sites (N-methyl/N-ethyl adjacent to an activating group) is 1. The van der Waals surface area contributed by atoms with Gasteiger partial charge >= 0.3 is 0 Å². The average molecular weight is 248 g/mol. The SMILES string of the molecule is CN(C)C(=O)CN1CCCC(c2cnccn2)C1. The lowest BCUT2D eigenvalue weighted by molar-refractivity contribution is -0.130. The summed E-state index contributed by atoms with van der Waals surface area (Å²) in [5.74, 6) is 0.567. The zero-order chi connectivity index (χ0) is 13.0. The van der Waals surface area contributed by atoms with E-state index in [1.54, 1.807) is 31.4 Å². The number of nitrogens with zero attached hydrogens (tertiary/aromatic N) is 4. The second-order valence-electron chi connectivity index (χ2n) is 4.99. The summed E-state index contributed by atoms with van der Waals surface area (Å²) in [4.78, 5) is 24.1. The summed E-state index contributed by atoms with van der Waals surface area (Å²) < 4.78 is 0. The van der Waals surface area contributed by atoms with Crippen molar-refractivity contribution < 1.29 is 4.79 Å². The van der Waals surface area contributed by atoms with Gasteiger partial charge in [-0.3, -0.25) is 19.7 Å². The Morgan fingerprint density at radius 1 is 1.50 bits per heavy atom. The Labute approximate surface area is 108 Å². The predicted molar refractivity (Wildman–Crippen MR) is 69.1 cm³/mol. The van der Waals surface area contributed by atoms with Gasteiger partial charge in [0.15, 0.2) is 0 Å². The number of carbonyl (C=O) groups excluding carboxylic acids is 1. The standard InChI is InChI=1S/C13H20N4O/c1-16(2)13(18)10-17-7-3-4-11(9-17)12-8-14-5-6-15-12/h5-6,8,11H,3-4,7,9-10H2,1-2H3. The van der Waals surface area contributed by atoms with Crippen molar-refractivity contribution in [3.8, 4) is 0 Å². The molecule has 0 N–H and O–H groups in total. The lowest BCUT2D eigenvalue weighted by Crippen LogP contribution is -2.41. The van der Waals surface area contributed by atoms with Crippen LogP contribution in [0.15, 0.2) is 18.6 Å². The lowest BCUT2D eigenvalue weighted by atomic mass is 9.95. The second kappa shape index (κ2) is 5.91. The van der Waals surface area contributed by atoms with Crippen LogP contribution in [0, 0.1) is 0 Å². The average Bonchev–Trinajstić information content (AvgIpc) is 2.40. The summed E-state index contributed by atoms with van der Waals surface area (Å²) in [5, 5.41) is 0. The van der Waals surface area contributed by atoms with Crippen LogP contribution in [0.25, 0.3) is 0 Å². The minimum Gasteiger partial charge on any atom is -0.348 e. The zero-order valence-corrected chi connectivity index (χ0v) is 11.0. The molecule has 5 nitrogen and oxygen atoms in total. The molecular formula is C13H20N4O. The Balaban J connectivity index is 1.95. The highest BCUT2D eigenvalue weighted by Gasteiger charge is 2.24. The number of piperidine rings is 1. The highest BCUT2D eigenvalue weighted by atomic mass is 16.2. The van der Waals surface area contributed by atoms with Crippen LogP contribution in [-0.4, -0.2) is 59.4 Å². The normalized spacial score (nSPS) is 20.7. The quantitative estimate of drug-likeness (QED) is 0.792. The zero-order valence-electron chi connectivity index (χ0n) is 11.0. The lowest BCUT2D eigenvalue weighted by Gasteiger charge is -2.32. The molecule has 1 aliphatic rings. The molecule has 0 saturated carbocycles. The van der Waals surface area contributed by atoms with Crippen LogP contribution in [0.5, 0.6) is 0 Å². The molecule has 1 amide bonds. The van der Waals surface area contributed by atoms with E-state index in [0.717, 1.165) is 31.6 Å². The van der Waals surface area contributed by atoms with Gasteiger partial charge < -0.3 is 4.90 Å². The van der Waals surface area contributed by atoms with Crippen molar-refractivity contribution in [2.45, 2.75) is 18.8 Å². The number of hydrogen-bond acceptors (Lipinski definition) is 4. The number of likely N-dealkylation sites (tertiary alicyclic amines) is 1. The van der Waals surface area contributed by atoms with E-state index in [1.165, 1.54) is 0 Å². The summed E-state index contributed by atoms with van der Waals surface area (Å²) in [5.41, 5.74) is 1.04. The first kappa shape index (κ1) is 13.0. The van der Waals surface area contributed by atoms with Crippen LogP contribution in [0.1, 0.15) is 24.5 Å². The fraction of sp³-hybridized carbons (Fsp3) is 0.615. The van der Waals surface area contributed by atoms with Gasteiger partial charge in [-0.25, -0.2) is 0 Å². The van der Waals surface area contributed by atoms with Crippen LogP contribution >= 0.6 is 0 Å². The smallest absolute Gasteiger partial charge is 0.236 e. The van der Waals surface area contributed by atoms with Gasteiger partial charge in [-0.05, 0) is 19.4 Å². The number of aromatic nitrogens is 2. The molecular weight excluding hydrogens is 228 g/mol. The van der Waals surface area contributed by atoms with Crippen LogP contribution in [0.4, 0.5) is 0 Å². The molecule has 5 heteroatoms. The molecule has 1 aliphatic heterocycles. The molecule has 98 valence electrons. The number of rotatable bonds is 3. The van der Waals surface area contributed by atoms with Gasteiger partial charge in [0.05, 0.1) is 12.2 Å². The molecule has 1 fully saturated rings. The molecule has 1 aromatic rings. The van der Waals surface area contributed by atoms with Crippen LogP contribution in [0.2, 0.25) is 0 Å². The monoisotopic (exact) mass is 248 g/mol. The third-order valence-corrected chi connectivity index (χ3v) is 3.36. The van der Waals surface area contributed by atoms with Gasteiger partial charge in [-0.15, -0.1) is 0 Å². The van der Waals surface area contributed by atoms with Crippen LogP contribution < -0.4 is 0 Å². The molecule has 2 heterocycles. The maximum Gasteiger partial charge on any atom is 0.236 e. The molecule has 0 radical (unpaired) electrons. The minimum atomic E-state index is 0.162. The molecule has 0 aromatic carbocycles. The van der Waals surface area contributed by atoms with Crippen molar-refractivity contribution in [1.82, 2.24) is 19.8 Å². The summed E-state index contributed by atoms with van der Waals surface area (Å²) in [6.45, 7) is 2.40. The van der Waals surface area contributed by atoms with Crippen molar-refractivity contribution in [2.75, 3.05) is 33.7 Å². The summed E-state index contributed by atoms with van der Waals surface area (Å²) in [6, 6.07) is 0. The largest absolute Gasteiger partial charge is 0.348 e. The van der Waals surface area contributed by atoms with Gasteiger partial charge in [-0.2, -0.15) is 0 Å². The van der Waals surface area contributed by atoms with Gasteiger partial charge in [0.1, 0.15) is 0 Å². The van der Waals surface area contributed by atoms with Crippen molar-refractivity contribution in [1.29, 1.82) is 0 Å². The van der Waals surface area contributed by atoms with Crippen molar-refractivity contribution in [3.63, 3.8) is 0 Å². The number of hydrogen-bond donors (Lipinski definition) is 0. The third-order valence-electron chi connectivity index (χ3n) is 3.36. The minimum absolute atomic E-state index is 0.162. The molecule has 2 rings (SSSR count). The first-order chi connectivity index (χ1) is 8.66. The Kier molecular flexibility index (Phi) is 4.25. The van der Waals surface area contributed by atoms with Gasteiger partial charge in [-0.1, -0.05) is 0 Å². The Morgan fingerprint density at radius 3 is 3.00 bits per heavy atom.